The lowest BCUT2D eigenvalue weighted by molar-refractivity contribution is -0.0697. The second-order valence-electron chi connectivity index (χ2n) is 3.55. The number of rotatable bonds is 5. The number of alkyl halides is 3. The first-order chi connectivity index (χ1) is 7.49. The third-order valence-corrected chi connectivity index (χ3v) is 4.37. The van der Waals surface area contributed by atoms with E-state index in [9.17, 15) is 8.78 Å². The molecule has 0 aliphatic carbocycles. The smallest absolute Gasteiger partial charge is 0.261 e. The fraction of sp³-hybridized carbons (Fsp3) is 0.455. The van der Waals surface area contributed by atoms with Gasteiger partial charge in [0.05, 0.1) is 0 Å². The van der Waals surface area contributed by atoms with Crippen LogP contribution in [0.15, 0.2) is 28.7 Å². The molecule has 5 heteroatoms. The first kappa shape index (κ1) is 14.3. The van der Waals surface area contributed by atoms with E-state index >= 15 is 0 Å². The van der Waals surface area contributed by atoms with Gasteiger partial charge in [-0.15, -0.1) is 0 Å². The largest absolute Gasteiger partial charge is 0.364 e. The van der Waals surface area contributed by atoms with Gasteiger partial charge in [0.15, 0.2) is 0 Å². The molecular weight excluding hydrogens is 393 g/mol. The fourth-order valence-corrected chi connectivity index (χ4v) is 2.66. The zero-order valence-corrected chi connectivity index (χ0v) is 12.5. The van der Waals surface area contributed by atoms with Gasteiger partial charge in [0.1, 0.15) is 12.2 Å². The van der Waals surface area contributed by atoms with Crippen LogP contribution in [0.4, 0.5) is 8.78 Å². The molecule has 0 saturated carbocycles. The molecule has 0 aromatic heterocycles. The van der Waals surface area contributed by atoms with Gasteiger partial charge >= 0.3 is 0 Å². The van der Waals surface area contributed by atoms with Crippen LogP contribution in [0, 0.1) is 0 Å². The highest BCUT2D eigenvalue weighted by molar-refractivity contribution is 14.1. The van der Waals surface area contributed by atoms with Crippen LogP contribution in [0.3, 0.4) is 0 Å². The van der Waals surface area contributed by atoms with Crippen molar-refractivity contribution in [1.29, 1.82) is 0 Å². The summed E-state index contributed by atoms with van der Waals surface area (Å²) in [5, 5.41) is 0. The van der Waals surface area contributed by atoms with Crippen molar-refractivity contribution in [2.75, 3.05) is 11.0 Å². The summed E-state index contributed by atoms with van der Waals surface area (Å²) in [6, 6.07) is 7.52. The monoisotopic (exact) mass is 404 g/mol. The lowest BCUT2D eigenvalue weighted by atomic mass is 9.98. The Bertz CT molecular complexity index is 349. The molecule has 0 spiro atoms. The SMILES string of the molecule is CC(CI)(OCC(F)F)c1ccccc1Br. The fourth-order valence-electron chi connectivity index (χ4n) is 1.33. The zero-order valence-electron chi connectivity index (χ0n) is 8.72. The normalized spacial score (nSPS) is 15.1. The van der Waals surface area contributed by atoms with Crippen molar-refractivity contribution in [2.24, 2.45) is 0 Å². The van der Waals surface area contributed by atoms with E-state index in [1.54, 1.807) is 0 Å². The Morgan fingerprint density at radius 1 is 1.44 bits per heavy atom. The van der Waals surface area contributed by atoms with Crippen molar-refractivity contribution in [1.82, 2.24) is 0 Å². The summed E-state index contributed by atoms with van der Waals surface area (Å²) >= 11 is 5.55. The number of halogens is 4. The molecule has 0 heterocycles. The van der Waals surface area contributed by atoms with Crippen molar-refractivity contribution in [2.45, 2.75) is 19.0 Å². The summed E-state index contributed by atoms with van der Waals surface area (Å²) in [5.74, 6) is 0. The Balaban J connectivity index is 2.91. The third-order valence-electron chi connectivity index (χ3n) is 2.23. The van der Waals surface area contributed by atoms with Crippen LogP contribution < -0.4 is 0 Å². The third kappa shape index (κ3) is 3.63. The summed E-state index contributed by atoms with van der Waals surface area (Å²) < 4.78 is 31.2. The van der Waals surface area contributed by atoms with Gasteiger partial charge in [0, 0.05) is 8.90 Å². The number of ether oxygens (including phenoxy) is 1. The molecule has 1 unspecified atom stereocenters. The Morgan fingerprint density at radius 3 is 2.56 bits per heavy atom. The maximum atomic E-state index is 12.2. The summed E-state index contributed by atoms with van der Waals surface area (Å²) in [6.45, 7) is 1.28. The van der Waals surface area contributed by atoms with Crippen molar-refractivity contribution in [3.05, 3.63) is 34.3 Å². The lowest BCUT2D eigenvalue weighted by Crippen LogP contribution is -2.30. The molecule has 0 aliphatic heterocycles. The molecule has 1 atom stereocenters. The minimum atomic E-state index is -2.44. The lowest BCUT2D eigenvalue weighted by Gasteiger charge is -2.29. The zero-order chi connectivity index (χ0) is 12.2. The summed E-state index contributed by atoms with van der Waals surface area (Å²) in [6.07, 6.45) is -2.44. The van der Waals surface area contributed by atoms with Gasteiger partial charge in [-0.1, -0.05) is 56.7 Å². The summed E-state index contributed by atoms with van der Waals surface area (Å²) in [4.78, 5) is 0. The highest BCUT2D eigenvalue weighted by Gasteiger charge is 2.29. The van der Waals surface area contributed by atoms with Crippen molar-refractivity contribution < 1.29 is 13.5 Å². The van der Waals surface area contributed by atoms with Crippen molar-refractivity contribution in [3.63, 3.8) is 0 Å². The molecule has 90 valence electrons. The minimum Gasteiger partial charge on any atom is -0.364 e. The van der Waals surface area contributed by atoms with E-state index in [4.69, 9.17) is 4.74 Å². The predicted octanol–water partition coefficient (Wildman–Crippen LogP) is 4.38. The van der Waals surface area contributed by atoms with Crippen LogP contribution in [0.5, 0.6) is 0 Å². The van der Waals surface area contributed by atoms with E-state index < -0.39 is 18.6 Å². The van der Waals surface area contributed by atoms with E-state index in [0.29, 0.717) is 4.43 Å². The Morgan fingerprint density at radius 2 is 2.06 bits per heavy atom. The molecule has 1 rings (SSSR count). The molecule has 0 amide bonds. The molecule has 0 aliphatic rings. The van der Waals surface area contributed by atoms with Gasteiger partial charge in [-0.05, 0) is 18.6 Å². The number of benzene rings is 1. The highest BCUT2D eigenvalue weighted by Crippen LogP contribution is 2.33. The van der Waals surface area contributed by atoms with Gasteiger partial charge in [0.25, 0.3) is 6.43 Å². The molecule has 1 aromatic carbocycles. The predicted molar refractivity (Wildman–Crippen MR) is 72.3 cm³/mol. The standard InChI is InChI=1S/C11H12BrF2IO/c1-11(7-15,16-6-10(13)14)8-4-2-3-5-9(8)12/h2-5,10H,6-7H2,1H3. The van der Waals surface area contributed by atoms with E-state index in [2.05, 4.69) is 38.5 Å². The molecular formula is C11H12BrF2IO. The summed E-state index contributed by atoms with van der Waals surface area (Å²) in [5.41, 5.74) is 0.210. The molecule has 16 heavy (non-hydrogen) atoms. The number of hydrogen-bond acceptors (Lipinski definition) is 1. The van der Waals surface area contributed by atoms with E-state index in [1.807, 2.05) is 31.2 Å². The average Bonchev–Trinajstić information content (AvgIpc) is 2.26. The van der Waals surface area contributed by atoms with Crippen molar-refractivity contribution in [3.8, 4) is 0 Å². The molecule has 1 aromatic rings. The van der Waals surface area contributed by atoms with Gasteiger partial charge < -0.3 is 4.74 Å². The Labute approximate surface area is 116 Å². The van der Waals surface area contributed by atoms with Crippen LogP contribution in [0.1, 0.15) is 12.5 Å². The van der Waals surface area contributed by atoms with E-state index in [-0.39, 0.29) is 0 Å². The van der Waals surface area contributed by atoms with Crippen LogP contribution in [0.25, 0.3) is 0 Å². The molecule has 0 fully saturated rings. The second kappa shape index (κ2) is 6.26. The van der Waals surface area contributed by atoms with Crippen molar-refractivity contribution >= 4 is 38.5 Å². The highest BCUT2D eigenvalue weighted by atomic mass is 127. The van der Waals surface area contributed by atoms with E-state index in [1.165, 1.54) is 0 Å². The summed E-state index contributed by atoms with van der Waals surface area (Å²) in [7, 11) is 0. The average molecular weight is 405 g/mol. The van der Waals surface area contributed by atoms with Crippen LogP contribution in [-0.2, 0) is 10.3 Å². The van der Waals surface area contributed by atoms with Crippen LogP contribution in [0.2, 0.25) is 0 Å². The number of hydrogen-bond donors (Lipinski definition) is 0. The minimum absolute atomic E-state index is 0.541. The maximum Gasteiger partial charge on any atom is 0.261 e. The van der Waals surface area contributed by atoms with Crippen LogP contribution in [-0.4, -0.2) is 17.5 Å². The Hall–Kier alpha value is 0.250. The van der Waals surface area contributed by atoms with Gasteiger partial charge in [0.2, 0.25) is 0 Å². The molecule has 0 radical (unpaired) electrons. The first-order valence-electron chi connectivity index (χ1n) is 4.72. The first-order valence-corrected chi connectivity index (χ1v) is 7.04. The molecule has 0 bridgehead atoms. The van der Waals surface area contributed by atoms with Gasteiger partial charge in [-0.25, -0.2) is 8.78 Å². The molecule has 0 N–H and O–H groups in total. The van der Waals surface area contributed by atoms with Crippen LogP contribution >= 0.6 is 38.5 Å². The van der Waals surface area contributed by atoms with Gasteiger partial charge in [-0.2, -0.15) is 0 Å². The maximum absolute atomic E-state index is 12.2. The van der Waals surface area contributed by atoms with E-state index in [0.717, 1.165) is 10.0 Å². The molecule has 0 saturated heterocycles. The quantitative estimate of drug-likeness (QED) is 0.522. The van der Waals surface area contributed by atoms with Gasteiger partial charge in [-0.3, -0.25) is 0 Å². The Kier molecular flexibility index (Phi) is 5.60. The topological polar surface area (TPSA) is 9.23 Å². The second-order valence-corrected chi connectivity index (χ2v) is 5.16. The molecule has 1 nitrogen and oxygen atoms in total.